The fraction of sp³-hybridized carbons (Fsp3) is 0. The molecule has 4 rings (SSSR count). The molecule has 0 aliphatic rings. The number of rotatable bonds is 5. The molecule has 0 fully saturated rings. The minimum absolute atomic E-state index is 0.497. The van der Waals surface area contributed by atoms with Gasteiger partial charge in [-0.25, -0.2) is 13.4 Å². The molecule has 1 N–H and O–H groups in total. The molecule has 26 heavy (non-hydrogen) atoms. The van der Waals surface area contributed by atoms with E-state index in [-0.39, 0.29) is 0 Å². The number of hydrogen-bond donors (Lipinski definition) is 1. The van der Waals surface area contributed by atoms with E-state index in [0.717, 1.165) is 21.8 Å². The summed E-state index contributed by atoms with van der Waals surface area (Å²) in [6.45, 7) is 0. The van der Waals surface area contributed by atoms with Crippen molar-refractivity contribution < 1.29 is 8.42 Å². The van der Waals surface area contributed by atoms with Crippen molar-refractivity contribution in [3.8, 4) is 11.3 Å². The van der Waals surface area contributed by atoms with E-state index in [2.05, 4.69) is 9.71 Å². The SMILES string of the molecule is O=S(=O)(/C=C/c1ccccc1)Nc1cccc(-c2cn3ccsc3n2)c1. The van der Waals surface area contributed by atoms with Gasteiger partial charge in [0, 0.05) is 29.0 Å². The van der Waals surface area contributed by atoms with E-state index >= 15 is 0 Å². The zero-order valence-electron chi connectivity index (χ0n) is 13.6. The quantitative estimate of drug-likeness (QED) is 0.554. The molecule has 0 saturated heterocycles. The highest BCUT2D eigenvalue weighted by Crippen LogP contribution is 2.24. The Morgan fingerprint density at radius 2 is 1.92 bits per heavy atom. The van der Waals surface area contributed by atoms with Gasteiger partial charge >= 0.3 is 0 Å². The van der Waals surface area contributed by atoms with Crippen molar-refractivity contribution in [2.24, 2.45) is 0 Å². The maximum atomic E-state index is 12.3. The Morgan fingerprint density at radius 1 is 1.08 bits per heavy atom. The van der Waals surface area contributed by atoms with Crippen LogP contribution >= 0.6 is 11.3 Å². The number of nitrogens with one attached hydrogen (secondary N) is 1. The highest BCUT2D eigenvalue weighted by molar-refractivity contribution is 7.95. The summed E-state index contributed by atoms with van der Waals surface area (Å²) in [7, 11) is -3.60. The predicted molar refractivity (Wildman–Crippen MR) is 107 cm³/mol. The number of hydrogen-bond acceptors (Lipinski definition) is 4. The number of thiazole rings is 1. The number of anilines is 1. The Labute approximate surface area is 155 Å². The lowest BCUT2D eigenvalue weighted by molar-refractivity contribution is 0.609. The van der Waals surface area contributed by atoms with E-state index in [1.54, 1.807) is 29.5 Å². The lowest BCUT2D eigenvalue weighted by atomic mass is 10.1. The van der Waals surface area contributed by atoms with Gasteiger partial charge in [-0.05, 0) is 23.8 Å². The number of benzene rings is 2. The predicted octanol–water partition coefficient (Wildman–Crippen LogP) is 4.48. The Morgan fingerprint density at radius 3 is 2.73 bits per heavy atom. The van der Waals surface area contributed by atoms with Gasteiger partial charge in [-0.3, -0.25) is 9.12 Å². The van der Waals surface area contributed by atoms with Crippen LogP contribution in [0.25, 0.3) is 22.3 Å². The third kappa shape index (κ3) is 3.68. The first kappa shape index (κ1) is 16.6. The average molecular weight is 381 g/mol. The maximum absolute atomic E-state index is 12.3. The Balaban J connectivity index is 1.56. The molecule has 0 radical (unpaired) electrons. The lowest BCUT2D eigenvalue weighted by Gasteiger charge is -2.06. The molecule has 0 atom stereocenters. The standard InChI is InChI=1S/C19H15N3O2S2/c23-26(24,12-9-15-5-2-1-3-6-15)21-17-8-4-7-16(13-17)18-14-22-10-11-25-19(22)20-18/h1-14,21H/b12-9+. The lowest BCUT2D eigenvalue weighted by Crippen LogP contribution is -2.08. The monoisotopic (exact) mass is 381 g/mol. The highest BCUT2D eigenvalue weighted by Gasteiger charge is 2.09. The van der Waals surface area contributed by atoms with Crippen molar-refractivity contribution in [3.05, 3.63) is 83.3 Å². The maximum Gasteiger partial charge on any atom is 0.255 e. The second-order valence-electron chi connectivity index (χ2n) is 5.66. The third-order valence-corrected chi connectivity index (χ3v) is 5.54. The van der Waals surface area contributed by atoms with Crippen LogP contribution in [0.2, 0.25) is 0 Å². The molecule has 0 saturated carbocycles. The first-order valence-electron chi connectivity index (χ1n) is 7.88. The second-order valence-corrected chi connectivity index (χ2v) is 8.10. The summed E-state index contributed by atoms with van der Waals surface area (Å²) in [6, 6.07) is 16.5. The zero-order valence-corrected chi connectivity index (χ0v) is 15.2. The van der Waals surface area contributed by atoms with E-state index in [0.29, 0.717) is 5.69 Å². The first-order valence-corrected chi connectivity index (χ1v) is 10.3. The van der Waals surface area contributed by atoms with E-state index in [1.165, 1.54) is 5.41 Å². The second kappa shape index (κ2) is 6.78. The van der Waals surface area contributed by atoms with Crippen molar-refractivity contribution in [3.63, 3.8) is 0 Å². The van der Waals surface area contributed by atoms with Gasteiger partial charge in [-0.15, -0.1) is 11.3 Å². The molecule has 0 unspecified atom stereocenters. The van der Waals surface area contributed by atoms with Crippen LogP contribution in [0.4, 0.5) is 5.69 Å². The molecular weight excluding hydrogens is 366 g/mol. The summed E-state index contributed by atoms with van der Waals surface area (Å²) in [5, 5.41) is 3.14. The molecule has 7 heteroatoms. The minimum atomic E-state index is -3.60. The number of aromatic nitrogens is 2. The van der Waals surface area contributed by atoms with Crippen LogP contribution in [0.3, 0.4) is 0 Å². The van der Waals surface area contributed by atoms with Gasteiger partial charge in [0.2, 0.25) is 0 Å². The number of fused-ring (bicyclic) bond motifs is 1. The molecule has 0 spiro atoms. The van der Waals surface area contributed by atoms with E-state index in [1.807, 2.05) is 64.6 Å². The summed E-state index contributed by atoms with van der Waals surface area (Å²) >= 11 is 1.55. The van der Waals surface area contributed by atoms with Gasteiger partial charge < -0.3 is 0 Å². The molecule has 0 aliphatic heterocycles. The van der Waals surface area contributed by atoms with Crippen LogP contribution in [0.1, 0.15) is 5.56 Å². The molecule has 4 aromatic rings. The van der Waals surface area contributed by atoms with E-state index < -0.39 is 10.0 Å². The molecule has 2 aromatic heterocycles. The Kier molecular flexibility index (Phi) is 4.32. The van der Waals surface area contributed by atoms with Crippen molar-refractivity contribution in [1.29, 1.82) is 0 Å². The first-order chi connectivity index (χ1) is 12.6. The van der Waals surface area contributed by atoms with Crippen molar-refractivity contribution in [2.45, 2.75) is 0 Å². The number of nitrogens with zero attached hydrogens (tertiary/aromatic N) is 2. The van der Waals surface area contributed by atoms with Gasteiger partial charge in [0.05, 0.1) is 11.1 Å². The summed E-state index contributed by atoms with van der Waals surface area (Å²) in [5.41, 5.74) is 2.98. The molecule has 2 heterocycles. The molecule has 130 valence electrons. The van der Waals surface area contributed by atoms with Crippen LogP contribution in [-0.2, 0) is 10.0 Å². The fourth-order valence-corrected chi connectivity index (χ4v) is 4.10. The van der Waals surface area contributed by atoms with Crippen LogP contribution < -0.4 is 4.72 Å². The summed E-state index contributed by atoms with van der Waals surface area (Å²) < 4.78 is 29.1. The summed E-state index contributed by atoms with van der Waals surface area (Å²) in [5.74, 6) is 0. The smallest absolute Gasteiger partial charge is 0.255 e. The van der Waals surface area contributed by atoms with Crippen LogP contribution in [0, 0.1) is 0 Å². The summed E-state index contributed by atoms with van der Waals surface area (Å²) in [4.78, 5) is 5.45. The van der Waals surface area contributed by atoms with Gasteiger partial charge in [0.1, 0.15) is 0 Å². The third-order valence-electron chi connectivity index (χ3n) is 3.75. The minimum Gasteiger partial charge on any atom is -0.297 e. The Hall–Kier alpha value is -2.90. The normalized spacial score (nSPS) is 12.0. The van der Waals surface area contributed by atoms with E-state index in [4.69, 9.17) is 0 Å². The molecule has 2 aromatic carbocycles. The van der Waals surface area contributed by atoms with Gasteiger partial charge in [-0.2, -0.15) is 0 Å². The average Bonchev–Trinajstić information content (AvgIpc) is 3.23. The van der Waals surface area contributed by atoms with Crippen molar-refractivity contribution in [1.82, 2.24) is 9.38 Å². The topological polar surface area (TPSA) is 63.5 Å². The fourth-order valence-electron chi connectivity index (χ4n) is 2.54. The van der Waals surface area contributed by atoms with Crippen LogP contribution in [0.5, 0.6) is 0 Å². The summed E-state index contributed by atoms with van der Waals surface area (Å²) in [6.07, 6.45) is 5.43. The van der Waals surface area contributed by atoms with Gasteiger partial charge in [0.15, 0.2) is 4.96 Å². The molecular formula is C19H15N3O2S2. The largest absolute Gasteiger partial charge is 0.297 e. The van der Waals surface area contributed by atoms with Gasteiger partial charge in [-0.1, -0.05) is 42.5 Å². The van der Waals surface area contributed by atoms with Gasteiger partial charge in [0.25, 0.3) is 10.0 Å². The number of sulfonamides is 1. The van der Waals surface area contributed by atoms with Crippen molar-refractivity contribution in [2.75, 3.05) is 4.72 Å². The number of imidazole rings is 1. The van der Waals surface area contributed by atoms with E-state index in [9.17, 15) is 8.42 Å². The molecule has 5 nitrogen and oxygen atoms in total. The van der Waals surface area contributed by atoms with Crippen molar-refractivity contribution >= 4 is 38.1 Å². The Bertz CT molecular complexity index is 1150. The van der Waals surface area contributed by atoms with Crippen LogP contribution in [-0.4, -0.2) is 17.8 Å². The molecule has 0 amide bonds. The van der Waals surface area contributed by atoms with Crippen LogP contribution in [0.15, 0.2) is 77.8 Å². The highest BCUT2D eigenvalue weighted by atomic mass is 32.2. The zero-order chi connectivity index (χ0) is 18.0. The molecule has 0 bridgehead atoms. The molecule has 0 aliphatic carbocycles.